The summed E-state index contributed by atoms with van der Waals surface area (Å²) in [5, 5.41) is 3.72. The van der Waals surface area contributed by atoms with Gasteiger partial charge < -0.3 is 10.2 Å². The number of hydrogen-bond acceptors (Lipinski definition) is 2. The van der Waals surface area contributed by atoms with Crippen molar-refractivity contribution in [1.29, 1.82) is 0 Å². The fourth-order valence-corrected chi connectivity index (χ4v) is 2.62. The molecule has 0 spiro atoms. The molecule has 1 aliphatic heterocycles. The van der Waals surface area contributed by atoms with Gasteiger partial charge in [-0.15, -0.1) is 0 Å². The van der Waals surface area contributed by atoms with Crippen LogP contribution in [0.3, 0.4) is 0 Å². The fraction of sp³-hybridized carbons (Fsp3) is 1.00. The van der Waals surface area contributed by atoms with Gasteiger partial charge in [0, 0.05) is 12.6 Å². The minimum absolute atomic E-state index is 0.710. The second kappa shape index (κ2) is 8.10. The zero-order valence-electron chi connectivity index (χ0n) is 12.3. The SMILES string of the molecule is CCC(C)C1CN(CCCC(C)C)CCCN1. The van der Waals surface area contributed by atoms with Crippen molar-refractivity contribution in [3.63, 3.8) is 0 Å². The summed E-state index contributed by atoms with van der Waals surface area (Å²) in [6, 6.07) is 0.710. The van der Waals surface area contributed by atoms with Crippen molar-refractivity contribution in [2.24, 2.45) is 11.8 Å². The Labute approximate surface area is 108 Å². The molecule has 1 aliphatic rings. The molecule has 0 aromatic rings. The molecule has 0 saturated carbocycles. The van der Waals surface area contributed by atoms with Crippen molar-refractivity contribution in [3.8, 4) is 0 Å². The van der Waals surface area contributed by atoms with E-state index in [2.05, 4.69) is 37.9 Å². The van der Waals surface area contributed by atoms with Crippen LogP contribution in [0.5, 0.6) is 0 Å². The molecule has 0 aliphatic carbocycles. The first-order chi connectivity index (χ1) is 8.13. The van der Waals surface area contributed by atoms with E-state index in [1.54, 1.807) is 0 Å². The van der Waals surface area contributed by atoms with Crippen LogP contribution in [0.2, 0.25) is 0 Å². The lowest BCUT2D eigenvalue weighted by molar-refractivity contribution is 0.231. The van der Waals surface area contributed by atoms with Crippen LogP contribution in [0.4, 0.5) is 0 Å². The summed E-state index contributed by atoms with van der Waals surface area (Å²) in [4.78, 5) is 2.68. The van der Waals surface area contributed by atoms with Crippen LogP contribution in [0.15, 0.2) is 0 Å². The first-order valence-electron chi connectivity index (χ1n) is 7.59. The van der Waals surface area contributed by atoms with Gasteiger partial charge in [0.15, 0.2) is 0 Å². The van der Waals surface area contributed by atoms with Gasteiger partial charge in [0.25, 0.3) is 0 Å². The van der Waals surface area contributed by atoms with Gasteiger partial charge in [0.2, 0.25) is 0 Å². The van der Waals surface area contributed by atoms with E-state index in [-0.39, 0.29) is 0 Å². The second-order valence-corrected chi connectivity index (χ2v) is 6.14. The van der Waals surface area contributed by atoms with Gasteiger partial charge in [-0.05, 0) is 50.7 Å². The Morgan fingerprint density at radius 2 is 2.06 bits per heavy atom. The van der Waals surface area contributed by atoms with E-state index in [9.17, 15) is 0 Å². The van der Waals surface area contributed by atoms with Crippen LogP contribution in [0.1, 0.15) is 53.4 Å². The Bertz CT molecular complexity index is 191. The lowest BCUT2D eigenvalue weighted by Crippen LogP contribution is -2.42. The average molecular weight is 240 g/mol. The lowest BCUT2D eigenvalue weighted by atomic mass is 9.99. The molecule has 0 bridgehead atoms. The quantitative estimate of drug-likeness (QED) is 0.767. The molecule has 1 fully saturated rings. The van der Waals surface area contributed by atoms with Crippen molar-refractivity contribution < 1.29 is 0 Å². The van der Waals surface area contributed by atoms with Gasteiger partial charge in [0.05, 0.1) is 0 Å². The molecule has 0 aromatic heterocycles. The number of nitrogens with one attached hydrogen (secondary N) is 1. The molecule has 2 atom stereocenters. The zero-order chi connectivity index (χ0) is 12.7. The van der Waals surface area contributed by atoms with E-state index < -0.39 is 0 Å². The van der Waals surface area contributed by atoms with Crippen LogP contribution in [0, 0.1) is 11.8 Å². The van der Waals surface area contributed by atoms with E-state index in [1.807, 2.05) is 0 Å². The van der Waals surface area contributed by atoms with E-state index in [0.717, 1.165) is 11.8 Å². The van der Waals surface area contributed by atoms with Crippen molar-refractivity contribution in [1.82, 2.24) is 10.2 Å². The highest BCUT2D eigenvalue weighted by atomic mass is 15.2. The Kier molecular flexibility index (Phi) is 7.14. The van der Waals surface area contributed by atoms with E-state index in [1.165, 1.54) is 51.9 Å². The predicted octanol–water partition coefficient (Wildman–Crippen LogP) is 3.13. The standard InChI is InChI=1S/C15H32N2/c1-5-14(4)15-12-17(11-7-9-16-15)10-6-8-13(2)3/h13-16H,5-12H2,1-4H3. The van der Waals surface area contributed by atoms with E-state index in [4.69, 9.17) is 0 Å². The summed E-state index contributed by atoms with van der Waals surface area (Å²) in [6.45, 7) is 14.4. The zero-order valence-corrected chi connectivity index (χ0v) is 12.3. The van der Waals surface area contributed by atoms with Gasteiger partial charge in [-0.25, -0.2) is 0 Å². The minimum Gasteiger partial charge on any atom is -0.312 e. The second-order valence-electron chi connectivity index (χ2n) is 6.14. The van der Waals surface area contributed by atoms with Crippen molar-refractivity contribution in [2.45, 2.75) is 59.4 Å². The largest absolute Gasteiger partial charge is 0.312 e. The molecule has 102 valence electrons. The van der Waals surface area contributed by atoms with Gasteiger partial charge in [-0.1, -0.05) is 34.1 Å². The maximum Gasteiger partial charge on any atom is 0.0220 e. The minimum atomic E-state index is 0.710. The molecule has 0 aromatic carbocycles. The third kappa shape index (κ3) is 5.87. The molecule has 17 heavy (non-hydrogen) atoms. The fourth-order valence-electron chi connectivity index (χ4n) is 2.62. The molecule has 1 saturated heterocycles. The molecule has 2 nitrogen and oxygen atoms in total. The highest BCUT2D eigenvalue weighted by Crippen LogP contribution is 2.13. The normalized spacial score (nSPS) is 24.9. The number of rotatable bonds is 6. The summed E-state index contributed by atoms with van der Waals surface area (Å²) in [5.74, 6) is 1.66. The molecule has 0 amide bonds. The smallest absolute Gasteiger partial charge is 0.0220 e. The van der Waals surface area contributed by atoms with Crippen molar-refractivity contribution in [3.05, 3.63) is 0 Å². The van der Waals surface area contributed by atoms with Crippen LogP contribution in [-0.4, -0.2) is 37.1 Å². The van der Waals surface area contributed by atoms with Crippen LogP contribution >= 0.6 is 0 Å². The van der Waals surface area contributed by atoms with Gasteiger partial charge in [0.1, 0.15) is 0 Å². The molecule has 2 unspecified atom stereocenters. The average Bonchev–Trinajstić information content (AvgIpc) is 2.53. The van der Waals surface area contributed by atoms with Crippen LogP contribution in [0.25, 0.3) is 0 Å². The first kappa shape index (κ1) is 15.0. The number of hydrogen-bond donors (Lipinski definition) is 1. The van der Waals surface area contributed by atoms with Gasteiger partial charge in [-0.3, -0.25) is 0 Å². The van der Waals surface area contributed by atoms with Gasteiger partial charge in [-0.2, -0.15) is 0 Å². The van der Waals surface area contributed by atoms with Crippen LogP contribution < -0.4 is 5.32 Å². The summed E-state index contributed by atoms with van der Waals surface area (Å²) >= 11 is 0. The first-order valence-corrected chi connectivity index (χ1v) is 7.59. The summed E-state index contributed by atoms with van der Waals surface area (Å²) < 4.78 is 0. The third-order valence-electron chi connectivity index (χ3n) is 4.10. The van der Waals surface area contributed by atoms with Gasteiger partial charge >= 0.3 is 0 Å². The Morgan fingerprint density at radius 3 is 2.71 bits per heavy atom. The molecule has 1 N–H and O–H groups in total. The number of nitrogens with zero attached hydrogens (tertiary/aromatic N) is 1. The third-order valence-corrected chi connectivity index (χ3v) is 4.10. The maximum atomic E-state index is 3.72. The summed E-state index contributed by atoms with van der Waals surface area (Å²) in [7, 11) is 0. The van der Waals surface area contributed by atoms with E-state index >= 15 is 0 Å². The van der Waals surface area contributed by atoms with E-state index in [0.29, 0.717) is 6.04 Å². The Balaban J connectivity index is 2.32. The monoisotopic (exact) mass is 240 g/mol. The molecular weight excluding hydrogens is 208 g/mol. The summed E-state index contributed by atoms with van der Waals surface area (Å²) in [5.41, 5.74) is 0. The molecular formula is C15H32N2. The molecule has 1 rings (SSSR count). The predicted molar refractivity (Wildman–Crippen MR) is 76.4 cm³/mol. The maximum absolute atomic E-state index is 3.72. The van der Waals surface area contributed by atoms with Crippen molar-refractivity contribution >= 4 is 0 Å². The molecule has 2 heteroatoms. The molecule has 0 radical (unpaired) electrons. The molecule has 1 heterocycles. The topological polar surface area (TPSA) is 15.3 Å². The van der Waals surface area contributed by atoms with Crippen molar-refractivity contribution in [2.75, 3.05) is 26.2 Å². The highest BCUT2D eigenvalue weighted by molar-refractivity contribution is 4.80. The lowest BCUT2D eigenvalue weighted by Gasteiger charge is -2.28. The summed E-state index contributed by atoms with van der Waals surface area (Å²) in [6.07, 6.45) is 5.34. The highest BCUT2D eigenvalue weighted by Gasteiger charge is 2.21. The Hall–Kier alpha value is -0.0800. The van der Waals surface area contributed by atoms with Crippen LogP contribution in [-0.2, 0) is 0 Å². The Morgan fingerprint density at radius 1 is 1.29 bits per heavy atom.